The molecule has 0 unspecified atom stereocenters. The van der Waals surface area contributed by atoms with Gasteiger partial charge in [-0.3, -0.25) is 9.88 Å². The summed E-state index contributed by atoms with van der Waals surface area (Å²) < 4.78 is 0. The van der Waals surface area contributed by atoms with Gasteiger partial charge in [-0.05, 0) is 50.2 Å². The van der Waals surface area contributed by atoms with E-state index in [0.29, 0.717) is 0 Å². The summed E-state index contributed by atoms with van der Waals surface area (Å²) in [5, 5.41) is 1.09. The quantitative estimate of drug-likeness (QED) is 0.524. The lowest BCUT2D eigenvalue weighted by Gasteiger charge is -2.24. The first kappa shape index (κ1) is 15.3. The number of anilines is 3. The van der Waals surface area contributed by atoms with Crippen LogP contribution in [0.25, 0.3) is 10.9 Å². The van der Waals surface area contributed by atoms with E-state index >= 15 is 0 Å². The number of fused-ring (bicyclic) bond motifs is 1. The van der Waals surface area contributed by atoms with Gasteiger partial charge in [0.1, 0.15) is 11.6 Å². The van der Waals surface area contributed by atoms with Crippen molar-refractivity contribution in [2.24, 2.45) is 0 Å². The van der Waals surface area contributed by atoms with Crippen molar-refractivity contribution >= 4 is 28.2 Å². The second-order valence-corrected chi connectivity index (χ2v) is 5.96. The molecule has 4 rings (SSSR count). The van der Waals surface area contributed by atoms with Crippen molar-refractivity contribution in [3.63, 3.8) is 0 Å². The van der Waals surface area contributed by atoms with E-state index in [0.717, 1.165) is 39.6 Å². The minimum Gasteiger partial charge on any atom is -0.277 e. The Morgan fingerprint density at radius 2 is 1.48 bits per heavy atom. The zero-order chi connectivity index (χ0) is 17.2. The first-order valence-electron chi connectivity index (χ1n) is 8.23. The molecule has 4 heteroatoms. The van der Waals surface area contributed by atoms with Crippen LogP contribution in [-0.2, 0) is 0 Å². The lowest BCUT2D eigenvalue weighted by molar-refractivity contribution is 1.09. The number of benzene rings is 1. The Labute approximate surface area is 146 Å². The second-order valence-electron chi connectivity index (χ2n) is 5.96. The van der Waals surface area contributed by atoms with Gasteiger partial charge in [-0.25, -0.2) is 9.97 Å². The van der Waals surface area contributed by atoms with Gasteiger partial charge in [0.05, 0.1) is 11.2 Å². The van der Waals surface area contributed by atoms with E-state index in [1.54, 1.807) is 6.20 Å². The predicted molar refractivity (Wildman–Crippen MR) is 101 cm³/mol. The standard InChI is InChI=1S/C21H18N4/c1-15-7-5-11-20(23-15)25(19-10-3-4-14-22-19)18-9-6-8-17-13-12-16(2)24-21(17)18/h3-14H,1-2H3. The largest absolute Gasteiger partial charge is 0.277 e. The molecule has 0 bridgehead atoms. The van der Waals surface area contributed by atoms with Gasteiger partial charge in [0.15, 0.2) is 0 Å². The highest BCUT2D eigenvalue weighted by Gasteiger charge is 2.18. The van der Waals surface area contributed by atoms with Crippen LogP contribution in [0.5, 0.6) is 0 Å². The summed E-state index contributed by atoms with van der Waals surface area (Å²) in [5.41, 5.74) is 3.86. The zero-order valence-corrected chi connectivity index (χ0v) is 14.2. The molecule has 0 saturated carbocycles. The maximum absolute atomic E-state index is 4.77. The average molecular weight is 326 g/mol. The van der Waals surface area contributed by atoms with Crippen LogP contribution in [0.3, 0.4) is 0 Å². The Balaban J connectivity index is 2.00. The van der Waals surface area contributed by atoms with E-state index in [4.69, 9.17) is 9.97 Å². The van der Waals surface area contributed by atoms with Gasteiger partial charge in [0, 0.05) is 23.0 Å². The number of hydrogen-bond acceptors (Lipinski definition) is 4. The van der Waals surface area contributed by atoms with Gasteiger partial charge in [0.25, 0.3) is 0 Å². The monoisotopic (exact) mass is 326 g/mol. The van der Waals surface area contributed by atoms with Gasteiger partial charge in [-0.2, -0.15) is 0 Å². The topological polar surface area (TPSA) is 41.9 Å². The molecule has 4 nitrogen and oxygen atoms in total. The van der Waals surface area contributed by atoms with Crippen LogP contribution in [0, 0.1) is 13.8 Å². The van der Waals surface area contributed by atoms with E-state index in [2.05, 4.69) is 28.1 Å². The first-order valence-corrected chi connectivity index (χ1v) is 8.23. The molecule has 25 heavy (non-hydrogen) atoms. The van der Waals surface area contributed by atoms with Gasteiger partial charge >= 0.3 is 0 Å². The Hall–Kier alpha value is -3.27. The molecule has 0 spiro atoms. The molecule has 0 amide bonds. The minimum absolute atomic E-state index is 0.816. The Kier molecular flexibility index (Phi) is 3.86. The Morgan fingerprint density at radius 1 is 0.680 bits per heavy atom. The fraction of sp³-hybridized carbons (Fsp3) is 0.0952. The molecule has 3 heterocycles. The summed E-state index contributed by atoms with van der Waals surface area (Å²) in [6.45, 7) is 4.00. The third-order valence-electron chi connectivity index (χ3n) is 4.06. The van der Waals surface area contributed by atoms with Crippen LogP contribution in [0.4, 0.5) is 17.3 Å². The molecular weight excluding hydrogens is 308 g/mol. The van der Waals surface area contributed by atoms with E-state index in [1.165, 1.54) is 0 Å². The van der Waals surface area contributed by atoms with Crippen molar-refractivity contribution in [3.05, 3.63) is 84.3 Å². The molecule has 0 atom stereocenters. The van der Waals surface area contributed by atoms with Crippen molar-refractivity contribution in [2.45, 2.75) is 13.8 Å². The highest BCUT2D eigenvalue weighted by Crippen LogP contribution is 2.35. The molecule has 3 aromatic heterocycles. The molecule has 0 N–H and O–H groups in total. The SMILES string of the molecule is Cc1cccc(N(c2ccccn2)c2cccc3ccc(C)nc23)n1. The summed E-state index contributed by atoms with van der Waals surface area (Å²) in [6, 6.07) is 22.2. The summed E-state index contributed by atoms with van der Waals surface area (Å²) in [6.07, 6.45) is 1.79. The number of aryl methyl sites for hydroxylation is 2. The van der Waals surface area contributed by atoms with Gasteiger partial charge in [-0.1, -0.05) is 30.3 Å². The van der Waals surface area contributed by atoms with Crippen molar-refractivity contribution < 1.29 is 0 Å². The molecule has 4 aromatic rings. The fourth-order valence-electron chi connectivity index (χ4n) is 2.91. The molecule has 0 saturated heterocycles. The molecule has 122 valence electrons. The molecule has 0 fully saturated rings. The maximum atomic E-state index is 4.77. The molecule has 0 aliphatic carbocycles. The van der Waals surface area contributed by atoms with Crippen molar-refractivity contribution in [1.82, 2.24) is 15.0 Å². The summed E-state index contributed by atoms with van der Waals surface area (Å²) >= 11 is 0. The number of aromatic nitrogens is 3. The lowest BCUT2D eigenvalue weighted by Crippen LogP contribution is -2.14. The van der Waals surface area contributed by atoms with E-state index in [-0.39, 0.29) is 0 Å². The van der Waals surface area contributed by atoms with E-state index in [1.807, 2.05) is 62.4 Å². The maximum Gasteiger partial charge on any atom is 0.139 e. The summed E-state index contributed by atoms with van der Waals surface area (Å²) in [5.74, 6) is 1.64. The average Bonchev–Trinajstić information content (AvgIpc) is 2.63. The van der Waals surface area contributed by atoms with Crippen molar-refractivity contribution in [1.29, 1.82) is 0 Å². The summed E-state index contributed by atoms with van der Waals surface area (Å²) in [4.78, 5) is 16.1. The molecular formula is C21H18N4. The van der Waals surface area contributed by atoms with Crippen LogP contribution >= 0.6 is 0 Å². The third-order valence-corrected chi connectivity index (χ3v) is 4.06. The molecule has 0 aliphatic rings. The fourth-order valence-corrected chi connectivity index (χ4v) is 2.91. The highest BCUT2D eigenvalue weighted by molar-refractivity contribution is 5.95. The number of para-hydroxylation sites is 1. The highest BCUT2D eigenvalue weighted by atomic mass is 15.2. The zero-order valence-electron chi connectivity index (χ0n) is 14.2. The number of rotatable bonds is 3. The van der Waals surface area contributed by atoms with E-state index < -0.39 is 0 Å². The van der Waals surface area contributed by atoms with Gasteiger partial charge < -0.3 is 0 Å². The Morgan fingerprint density at radius 3 is 2.28 bits per heavy atom. The van der Waals surface area contributed by atoms with Crippen LogP contribution < -0.4 is 4.90 Å². The number of nitrogens with zero attached hydrogens (tertiary/aromatic N) is 4. The Bertz CT molecular complexity index is 1030. The van der Waals surface area contributed by atoms with Gasteiger partial charge in [-0.15, -0.1) is 0 Å². The first-order chi connectivity index (χ1) is 12.2. The van der Waals surface area contributed by atoms with Crippen LogP contribution in [-0.4, -0.2) is 15.0 Å². The molecule has 0 aliphatic heterocycles. The smallest absolute Gasteiger partial charge is 0.139 e. The third kappa shape index (κ3) is 2.94. The van der Waals surface area contributed by atoms with E-state index in [9.17, 15) is 0 Å². The normalized spacial score (nSPS) is 10.8. The molecule has 0 radical (unpaired) electrons. The number of pyridine rings is 3. The molecule has 1 aromatic carbocycles. The number of hydrogen-bond donors (Lipinski definition) is 0. The second kappa shape index (κ2) is 6.32. The van der Waals surface area contributed by atoms with Crippen molar-refractivity contribution in [3.8, 4) is 0 Å². The van der Waals surface area contributed by atoms with Crippen LogP contribution in [0.15, 0.2) is 72.9 Å². The minimum atomic E-state index is 0.816. The summed E-state index contributed by atoms with van der Waals surface area (Å²) in [7, 11) is 0. The van der Waals surface area contributed by atoms with Crippen molar-refractivity contribution in [2.75, 3.05) is 4.90 Å². The van der Waals surface area contributed by atoms with Crippen LogP contribution in [0.1, 0.15) is 11.4 Å². The van der Waals surface area contributed by atoms with Gasteiger partial charge in [0.2, 0.25) is 0 Å². The predicted octanol–water partition coefficient (Wildman–Crippen LogP) is 5.11. The van der Waals surface area contributed by atoms with Crippen LogP contribution in [0.2, 0.25) is 0 Å². The lowest BCUT2D eigenvalue weighted by atomic mass is 10.1.